The molecule has 0 atom stereocenters. The Morgan fingerprint density at radius 3 is 2.74 bits per heavy atom. The van der Waals surface area contributed by atoms with Crippen molar-refractivity contribution in [1.82, 2.24) is 10.0 Å². The Morgan fingerprint density at radius 2 is 2.13 bits per heavy atom. The minimum atomic E-state index is -3.72. The first-order chi connectivity index (χ1) is 11.0. The van der Waals surface area contributed by atoms with Gasteiger partial charge in [0.2, 0.25) is 10.0 Å². The summed E-state index contributed by atoms with van der Waals surface area (Å²) in [5, 5.41) is 3.16. The number of carbonyl (C=O) groups excluding carboxylic acids is 1. The van der Waals surface area contributed by atoms with Crippen molar-refractivity contribution >= 4 is 16.0 Å². The average Bonchev–Trinajstić information content (AvgIpc) is 2.59. The topological polar surface area (TPSA) is 93.7 Å². The maximum atomic E-state index is 12.4. The van der Waals surface area contributed by atoms with Crippen molar-refractivity contribution in [2.45, 2.75) is 11.3 Å². The smallest absolute Gasteiger partial charge is 0.341 e. The number of esters is 1. The SMILES string of the molecule is COC(=O)c1cc(S(=O)(=O)NCC2=CCNCC2)ccc1OC. The summed E-state index contributed by atoms with van der Waals surface area (Å²) in [6.07, 6.45) is 2.78. The van der Waals surface area contributed by atoms with Gasteiger partial charge in [0.25, 0.3) is 0 Å². The summed E-state index contributed by atoms with van der Waals surface area (Å²) in [4.78, 5) is 11.7. The average molecular weight is 340 g/mol. The van der Waals surface area contributed by atoms with Crippen LogP contribution in [-0.4, -0.2) is 48.2 Å². The van der Waals surface area contributed by atoms with Crippen molar-refractivity contribution < 1.29 is 22.7 Å². The van der Waals surface area contributed by atoms with Crippen LogP contribution in [0.2, 0.25) is 0 Å². The van der Waals surface area contributed by atoms with Gasteiger partial charge in [-0.3, -0.25) is 0 Å². The van der Waals surface area contributed by atoms with Crippen LogP contribution in [0.5, 0.6) is 5.75 Å². The summed E-state index contributed by atoms with van der Waals surface area (Å²) < 4.78 is 37.0. The van der Waals surface area contributed by atoms with Crippen molar-refractivity contribution in [3.05, 3.63) is 35.4 Å². The predicted molar refractivity (Wildman–Crippen MR) is 85.1 cm³/mol. The first-order valence-electron chi connectivity index (χ1n) is 7.12. The molecule has 2 rings (SSSR count). The van der Waals surface area contributed by atoms with Crippen LogP contribution in [0.4, 0.5) is 0 Å². The van der Waals surface area contributed by atoms with Gasteiger partial charge < -0.3 is 14.8 Å². The highest BCUT2D eigenvalue weighted by Crippen LogP contribution is 2.23. The van der Waals surface area contributed by atoms with Crippen molar-refractivity contribution in [1.29, 1.82) is 0 Å². The Morgan fingerprint density at radius 1 is 1.35 bits per heavy atom. The Bertz CT molecular complexity index is 713. The predicted octanol–water partition coefficient (Wildman–Crippen LogP) is 0.680. The van der Waals surface area contributed by atoms with E-state index in [-0.39, 0.29) is 22.8 Å². The number of rotatable bonds is 6. The summed E-state index contributed by atoms with van der Waals surface area (Å²) in [5.74, 6) is -0.392. The number of nitrogens with one attached hydrogen (secondary N) is 2. The van der Waals surface area contributed by atoms with Gasteiger partial charge in [-0.15, -0.1) is 0 Å². The lowest BCUT2D eigenvalue weighted by Crippen LogP contribution is -2.29. The van der Waals surface area contributed by atoms with Crippen LogP contribution in [0.1, 0.15) is 16.8 Å². The second kappa shape index (κ2) is 7.58. The fourth-order valence-corrected chi connectivity index (χ4v) is 3.29. The van der Waals surface area contributed by atoms with Crippen LogP contribution >= 0.6 is 0 Å². The molecule has 0 amide bonds. The van der Waals surface area contributed by atoms with Gasteiger partial charge in [-0.1, -0.05) is 11.6 Å². The number of methoxy groups -OCH3 is 2. The van der Waals surface area contributed by atoms with E-state index in [1.807, 2.05) is 6.08 Å². The molecule has 126 valence electrons. The zero-order valence-electron chi connectivity index (χ0n) is 13.1. The molecule has 0 radical (unpaired) electrons. The normalized spacial score (nSPS) is 15.0. The highest BCUT2D eigenvalue weighted by Gasteiger charge is 2.20. The molecule has 1 aromatic carbocycles. The van der Waals surface area contributed by atoms with Gasteiger partial charge in [-0.25, -0.2) is 17.9 Å². The quantitative estimate of drug-likeness (QED) is 0.584. The lowest BCUT2D eigenvalue weighted by molar-refractivity contribution is 0.0597. The first-order valence-corrected chi connectivity index (χ1v) is 8.61. The molecule has 7 nitrogen and oxygen atoms in total. The van der Waals surface area contributed by atoms with Gasteiger partial charge in [0.05, 0.1) is 19.1 Å². The molecule has 1 aliphatic rings. The van der Waals surface area contributed by atoms with E-state index in [2.05, 4.69) is 14.8 Å². The highest BCUT2D eigenvalue weighted by atomic mass is 32.2. The Balaban J connectivity index is 2.21. The molecule has 0 bridgehead atoms. The molecule has 0 saturated heterocycles. The van der Waals surface area contributed by atoms with E-state index in [0.29, 0.717) is 0 Å². The third-order valence-corrected chi connectivity index (χ3v) is 4.93. The molecule has 0 unspecified atom stereocenters. The number of carbonyl (C=O) groups is 1. The largest absolute Gasteiger partial charge is 0.496 e. The number of hydrogen-bond acceptors (Lipinski definition) is 6. The standard InChI is InChI=1S/C15H20N2O5S/c1-21-14-4-3-12(9-13(14)15(18)22-2)23(19,20)17-10-11-5-7-16-8-6-11/h3-5,9,16-17H,6-8,10H2,1-2H3. The van der Waals surface area contributed by atoms with E-state index in [4.69, 9.17) is 4.74 Å². The third-order valence-electron chi connectivity index (χ3n) is 3.53. The second-order valence-electron chi connectivity index (χ2n) is 4.99. The Kier molecular flexibility index (Phi) is 5.75. The zero-order valence-corrected chi connectivity index (χ0v) is 13.9. The molecule has 1 aromatic rings. The molecular weight excluding hydrogens is 320 g/mol. The van der Waals surface area contributed by atoms with Gasteiger partial charge in [-0.2, -0.15) is 0 Å². The van der Waals surface area contributed by atoms with Crippen LogP contribution in [0.3, 0.4) is 0 Å². The summed E-state index contributed by atoms with van der Waals surface area (Å²) in [6.45, 7) is 1.83. The minimum Gasteiger partial charge on any atom is -0.496 e. The van der Waals surface area contributed by atoms with E-state index in [1.54, 1.807) is 0 Å². The van der Waals surface area contributed by atoms with Crippen LogP contribution in [0.15, 0.2) is 34.7 Å². The molecule has 0 aromatic heterocycles. The van der Waals surface area contributed by atoms with Gasteiger partial charge >= 0.3 is 5.97 Å². The minimum absolute atomic E-state index is 0.00626. The summed E-state index contributed by atoms with van der Waals surface area (Å²) in [5.41, 5.74) is 1.10. The second-order valence-corrected chi connectivity index (χ2v) is 6.76. The van der Waals surface area contributed by atoms with E-state index in [0.717, 1.165) is 25.1 Å². The van der Waals surface area contributed by atoms with Crippen LogP contribution in [0.25, 0.3) is 0 Å². The van der Waals surface area contributed by atoms with Gasteiger partial charge in [0, 0.05) is 13.1 Å². The van der Waals surface area contributed by atoms with E-state index < -0.39 is 16.0 Å². The molecule has 0 saturated carbocycles. The summed E-state index contributed by atoms with van der Waals surface area (Å²) in [6, 6.07) is 4.08. The fraction of sp³-hybridized carbons (Fsp3) is 0.400. The van der Waals surface area contributed by atoms with Gasteiger partial charge in [0.1, 0.15) is 11.3 Å². The Labute approximate surface area is 135 Å². The maximum absolute atomic E-state index is 12.4. The van der Waals surface area contributed by atoms with Gasteiger partial charge in [0.15, 0.2) is 0 Å². The number of ether oxygens (including phenoxy) is 2. The number of sulfonamides is 1. The van der Waals surface area contributed by atoms with Crippen molar-refractivity contribution in [3.63, 3.8) is 0 Å². The third kappa shape index (κ3) is 4.31. The van der Waals surface area contributed by atoms with E-state index >= 15 is 0 Å². The molecule has 23 heavy (non-hydrogen) atoms. The molecule has 2 N–H and O–H groups in total. The lowest BCUT2D eigenvalue weighted by Gasteiger charge is -2.15. The van der Waals surface area contributed by atoms with Crippen LogP contribution in [-0.2, 0) is 14.8 Å². The highest BCUT2D eigenvalue weighted by molar-refractivity contribution is 7.89. The monoisotopic (exact) mass is 340 g/mol. The van der Waals surface area contributed by atoms with E-state index in [9.17, 15) is 13.2 Å². The molecule has 1 heterocycles. The van der Waals surface area contributed by atoms with Crippen molar-refractivity contribution in [2.24, 2.45) is 0 Å². The summed E-state index contributed by atoms with van der Waals surface area (Å²) >= 11 is 0. The number of benzene rings is 1. The van der Waals surface area contributed by atoms with Crippen LogP contribution in [0, 0.1) is 0 Å². The molecule has 8 heteroatoms. The van der Waals surface area contributed by atoms with Crippen molar-refractivity contribution in [3.8, 4) is 5.75 Å². The summed E-state index contributed by atoms with van der Waals surface area (Å²) in [7, 11) is -1.10. The van der Waals surface area contributed by atoms with Gasteiger partial charge in [-0.05, 0) is 31.2 Å². The lowest BCUT2D eigenvalue weighted by atomic mass is 10.1. The molecular formula is C15H20N2O5S. The van der Waals surface area contributed by atoms with Crippen molar-refractivity contribution in [2.75, 3.05) is 33.9 Å². The maximum Gasteiger partial charge on any atom is 0.341 e. The van der Waals surface area contributed by atoms with Crippen LogP contribution < -0.4 is 14.8 Å². The molecule has 0 aliphatic carbocycles. The first kappa shape index (κ1) is 17.5. The molecule has 0 spiro atoms. The fourth-order valence-electron chi connectivity index (χ4n) is 2.22. The number of hydrogen-bond donors (Lipinski definition) is 2. The molecule has 1 aliphatic heterocycles. The Hall–Kier alpha value is -1.90. The molecule has 0 fully saturated rings. The zero-order chi connectivity index (χ0) is 16.9. The van der Waals surface area contributed by atoms with E-state index in [1.165, 1.54) is 32.4 Å².